The molecule has 0 aromatic heterocycles. The van der Waals surface area contributed by atoms with Crippen LogP contribution in [-0.2, 0) is 4.74 Å². The molecule has 2 atom stereocenters. The normalized spacial score (nSPS) is 23.8. The molecule has 0 radical (unpaired) electrons. The fourth-order valence-corrected chi connectivity index (χ4v) is 2.37. The van der Waals surface area contributed by atoms with Crippen LogP contribution in [0.25, 0.3) is 0 Å². The summed E-state index contributed by atoms with van der Waals surface area (Å²) in [5.41, 5.74) is 0. The molecule has 0 bridgehead atoms. The average molecular weight is 253 g/mol. The molecule has 18 heavy (non-hydrogen) atoms. The van der Waals surface area contributed by atoms with Gasteiger partial charge < -0.3 is 10.1 Å². The fraction of sp³-hybridized carbons (Fsp3) is 0.875. The van der Waals surface area contributed by atoms with Crippen molar-refractivity contribution in [3.63, 3.8) is 0 Å². The number of rotatable bonds is 9. The zero-order valence-electron chi connectivity index (χ0n) is 12.5. The number of ether oxygens (including phenoxy) is 1. The van der Waals surface area contributed by atoms with Crippen LogP contribution in [0.5, 0.6) is 0 Å². The van der Waals surface area contributed by atoms with Crippen LogP contribution in [0.3, 0.4) is 0 Å². The Labute approximate surface area is 113 Å². The summed E-state index contributed by atoms with van der Waals surface area (Å²) >= 11 is 0. The van der Waals surface area contributed by atoms with Crippen molar-refractivity contribution in [1.29, 1.82) is 0 Å². The number of hydrogen-bond donors (Lipinski definition) is 1. The van der Waals surface area contributed by atoms with E-state index in [0.29, 0.717) is 6.04 Å². The van der Waals surface area contributed by atoms with E-state index >= 15 is 0 Å². The molecule has 0 aromatic rings. The molecular weight excluding hydrogens is 222 g/mol. The Morgan fingerprint density at radius 2 is 1.94 bits per heavy atom. The molecule has 0 amide bonds. The lowest BCUT2D eigenvalue weighted by molar-refractivity contribution is 0.0765. The Kier molecular flexibility index (Phi) is 8.36. The zero-order chi connectivity index (χ0) is 13.2. The predicted octanol–water partition coefficient (Wildman–Crippen LogP) is 3.77. The molecule has 106 valence electrons. The van der Waals surface area contributed by atoms with Gasteiger partial charge in [0.15, 0.2) is 0 Å². The number of unbranched alkanes of at least 4 members (excludes halogenated alkanes) is 2. The van der Waals surface area contributed by atoms with Gasteiger partial charge in [0, 0.05) is 19.3 Å². The molecule has 0 heterocycles. The first-order valence-electron chi connectivity index (χ1n) is 7.66. The van der Waals surface area contributed by atoms with Gasteiger partial charge in [0.05, 0.1) is 0 Å². The van der Waals surface area contributed by atoms with Gasteiger partial charge in [0.25, 0.3) is 0 Å². The third kappa shape index (κ3) is 7.17. The predicted molar refractivity (Wildman–Crippen MR) is 78.8 cm³/mol. The molecule has 1 aliphatic rings. The maximum atomic E-state index is 5.82. The lowest BCUT2D eigenvalue weighted by Gasteiger charge is -2.24. The van der Waals surface area contributed by atoms with E-state index in [1.54, 1.807) is 0 Å². The van der Waals surface area contributed by atoms with Gasteiger partial charge in [-0.3, -0.25) is 0 Å². The van der Waals surface area contributed by atoms with Crippen molar-refractivity contribution < 1.29 is 4.74 Å². The van der Waals surface area contributed by atoms with Crippen LogP contribution in [0.2, 0.25) is 0 Å². The quantitative estimate of drug-likeness (QED) is 0.499. The highest BCUT2D eigenvalue weighted by atomic mass is 16.5. The summed E-state index contributed by atoms with van der Waals surface area (Å²) in [5, 5.41) is 3.45. The first-order chi connectivity index (χ1) is 8.70. The van der Waals surface area contributed by atoms with Gasteiger partial charge in [-0.25, -0.2) is 0 Å². The van der Waals surface area contributed by atoms with Gasteiger partial charge in [-0.15, -0.1) is 0 Å². The number of hydrogen-bond acceptors (Lipinski definition) is 2. The highest BCUT2D eigenvalue weighted by molar-refractivity contribution is 4.93. The van der Waals surface area contributed by atoms with Crippen LogP contribution in [0.1, 0.15) is 52.9 Å². The SMILES string of the molecule is CC(C)NCCCCCOCC1CC=CCC1C. The summed E-state index contributed by atoms with van der Waals surface area (Å²) in [5.74, 6) is 1.54. The third-order valence-electron chi connectivity index (χ3n) is 3.77. The standard InChI is InChI=1S/C16H31NO/c1-14(2)17-11-7-4-8-12-18-13-16-10-6-5-9-15(16)3/h5-6,14-17H,4,7-13H2,1-3H3. The number of nitrogens with one attached hydrogen (secondary N) is 1. The Hall–Kier alpha value is -0.340. The summed E-state index contributed by atoms with van der Waals surface area (Å²) < 4.78 is 5.82. The Morgan fingerprint density at radius 3 is 2.67 bits per heavy atom. The lowest BCUT2D eigenvalue weighted by atomic mass is 9.85. The first kappa shape index (κ1) is 15.7. The van der Waals surface area contributed by atoms with Gasteiger partial charge in [0.2, 0.25) is 0 Å². The van der Waals surface area contributed by atoms with Crippen LogP contribution >= 0.6 is 0 Å². The van der Waals surface area contributed by atoms with E-state index in [0.717, 1.165) is 31.6 Å². The summed E-state index contributed by atoms with van der Waals surface area (Å²) in [4.78, 5) is 0. The molecule has 0 aromatic carbocycles. The molecule has 1 rings (SSSR count). The van der Waals surface area contributed by atoms with Gasteiger partial charge in [-0.2, -0.15) is 0 Å². The third-order valence-corrected chi connectivity index (χ3v) is 3.77. The van der Waals surface area contributed by atoms with E-state index in [1.807, 2.05) is 0 Å². The first-order valence-corrected chi connectivity index (χ1v) is 7.66. The van der Waals surface area contributed by atoms with Crippen molar-refractivity contribution >= 4 is 0 Å². The Bertz CT molecular complexity index is 225. The zero-order valence-corrected chi connectivity index (χ0v) is 12.5. The molecule has 0 saturated carbocycles. The molecule has 0 saturated heterocycles. The van der Waals surface area contributed by atoms with E-state index in [-0.39, 0.29) is 0 Å². The second-order valence-corrected chi connectivity index (χ2v) is 5.92. The van der Waals surface area contributed by atoms with Crippen LogP contribution in [0.4, 0.5) is 0 Å². The smallest absolute Gasteiger partial charge is 0.0499 e. The minimum atomic E-state index is 0.613. The lowest BCUT2D eigenvalue weighted by Crippen LogP contribution is -2.23. The van der Waals surface area contributed by atoms with Crippen molar-refractivity contribution in [3.8, 4) is 0 Å². The van der Waals surface area contributed by atoms with Crippen LogP contribution < -0.4 is 5.32 Å². The highest BCUT2D eigenvalue weighted by Gasteiger charge is 2.17. The number of allylic oxidation sites excluding steroid dienone is 2. The summed E-state index contributed by atoms with van der Waals surface area (Å²) in [6.45, 7) is 9.77. The summed E-state index contributed by atoms with van der Waals surface area (Å²) in [6.07, 6.45) is 10.8. The van der Waals surface area contributed by atoms with Crippen molar-refractivity contribution in [2.75, 3.05) is 19.8 Å². The Balaban J connectivity index is 1.88. The molecule has 0 aliphatic heterocycles. The molecule has 1 N–H and O–H groups in total. The largest absolute Gasteiger partial charge is 0.381 e. The van der Waals surface area contributed by atoms with Crippen molar-refractivity contribution in [2.45, 2.75) is 58.9 Å². The van der Waals surface area contributed by atoms with E-state index < -0.39 is 0 Å². The van der Waals surface area contributed by atoms with E-state index in [9.17, 15) is 0 Å². The maximum Gasteiger partial charge on any atom is 0.0499 e. The topological polar surface area (TPSA) is 21.3 Å². The fourth-order valence-electron chi connectivity index (χ4n) is 2.37. The van der Waals surface area contributed by atoms with Crippen LogP contribution in [0.15, 0.2) is 12.2 Å². The maximum absolute atomic E-state index is 5.82. The van der Waals surface area contributed by atoms with Gasteiger partial charge >= 0.3 is 0 Å². The summed E-state index contributed by atoms with van der Waals surface area (Å²) in [6, 6.07) is 0.613. The average Bonchev–Trinajstić information content (AvgIpc) is 2.34. The molecule has 2 nitrogen and oxygen atoms in total. The Morgan fingerprint density at radius 1 is 1.17 bits per heavy atom. The molecular formula is C16H31NO. The van der Waals surface area contributed by atoms with Crippen molar-refractivity contribution in [2.24, 2.45) is 11.8 Å². The molecule has 2 heteroatoms. The molecule has 2 unspecified atom stereocenters. The minimum Gasteiger partial charge on any atom is -0.381 e. The van der Waals surface area contributed by atoms with Crippen LogP contribution in [0, 0.1) is 11.8 Å². The second-order valence-electron chi connectivity index (χ2n) is 5.92. The van der Waals surface area contributed by atoms with Crippen LogP contribution in [-0.4, -0.2) is 25.8 Å². The van der Waals surface area contributed by atoms with E-state index in [2.05, 4.69) is 38.2 Å². The van der Waals surface area contributed by atoms with E-state index in [4.69, 9.17) is 4.74 Å². The minimum absolute atomic E-state index is 0.613. The van der Waals surface area contributed by atoms with Gasteiger partial charge in [-0.1, -0.05) is 32.9 Å². The second kappa shape index (κ2) is 9.57. The van der Waals surface area contributed by atoms with E-state index in [1.165, 1.54) is 32.1 Å². The monoisotopic (exact) mass is 253 g/mol. The molecule has 0 spiro atoms. The van der Waals surface area contributed by atoms with Gasteiger partial charge in [-0.05, 0) is 50.5 Å². The highest BCUT2D eigenvalue weighted by Crippen LogP contribution is 2.24. The molecule has 0 fully saturated rings. The van der Waals surface area contributed by atoms with Crippen molar-refractivity contribution in [3.05, 3.63) is 12.2 Å². The van der Waals surface area contributed by atoms with Gasteiger partial charge in [0.1, 0.15) is 0 Å². The summed E-state index contributed by atoms with van der Waals surface area (Å²) in [7, 11) is 0. The molecule has 1 aliphatic carbocycles. The van der Waals surface area contributed by atoms with Crippen molar-refractivity contribution in [1.82, 2.24) is 5.32 Å².